The van der Waals surface area contributed by atoms with Crippen LogP contribution in [0.3, 0.4) is 0 Å². The van der Waals surface area contributed by atoms with E-state index in [2.05, 4.69) is 12.1 Å². The van der Waals surface area contributed by atoms with Gasteiger partial charge < -0.3 is 64.4 Å². The van der Waals surface area contributed by atoms with Crippen LogP contribution in [0.2, 0.25) is 0 Å². The van der Waals surface area contributed by atoms with Gasteiger partial charge in [-0.2, -0.15) is 5.26 Å². The van der Waals surface area contributed by atoms with Crippen LogP contribution in [-0.4, -0.2) is 104 Å². The van der Waals surface area contributed by atoms with Gasteiger partial charge in [-0.05, 0) is 110 Å². The van der Waals surface area contributed by atoms with Crippen LogP contribution in [0.1, 0.15) is 108 Å². The highest BCUT2D eigenvalue weighted by Gasteiger charge is 2.77. The van der Waals surface area contributed by atoms with Gasteiger partial charge in [-0.15, -0.1) is 0 Å². The maximum absolute atomic E-state index is 15.2. The van der Waals surface area contributed by atoms with E-state index in [9.17, 15) is 40.4 Å². The highest BCUT2D eigenvalue weighted by molar-refractivity contribution is 6.01. The maximum atomic E-state index is 15.2. The summed E-state index contributed by atoms with van der Waals surface area (Å²) >= 11 is 0. The molecule has 1 saturated heterocycles. The third kappa shape index (κ3) is 8.61. The van der Waals surface area contributed by atoms with E-state index >= 15 is 4.79 Å². The van der Waals surface area contributed by atoms with E-state index in [1.54, 1.807) is 0 Å². The van der Waals surface area contributed by atoms with Crippen LogP contribution in [0, 0.1) is 35.0 Å². The van der Waals surface area contributed by atoms with Crippen molar-refractivity contribution in [2.75, 3.05) is 13.7 Å². The first kappa shape index (κ1) is 52.1. The summed E-state index contributed by atoms with van der Waals surface area (Å²) in [7, 11) is 1.23. The van der Waals surface area contributed by atoms with Gasteiger partial charge in [0.2, 0.25) is 12.2 Å². The van der Waals surface area contributed by atoms with Crippen LogP contribution in [0.4, 0.5) is 0 Å². The fourth-order valence-corrected chi connectivity index (χ4v) is 11.1. The third-order valence-corrected chi connectivity index (χ3v) is 14.9. The van der Waals surface area contributed by atoms with Crippen molar-refractivity contribution in [3.8, 4) is 29.1 Å². The Morgan fingerprint density at radius 3 is 2.31 bits per heavy atom. The summed E-state index contributed by atoms with van der Waals surface area (Å²) in [5, 5.41) is 65.1. The lowest BCUT2D eigenvalue weighted by Crippen LogP contribution is -2.78. The molecule has 3 aliphatic carbocycles. The van der Waals surface area contributed by atoms with E-state index in [0.717, 1.165) is 11.1 Å². The van der Waals surface area contributed by atoms with Crippen LogP contribution < -0.4 is 24.7 Å². The van der Waals surface area contributed by atoms with Crippen LogP contribution in [0.25, 0.3) is 11.8 Å². The number of carbonyl (C=O) groups is 3. The molecule has 4 aliphatic heterocycles. The standard InChI is InChI=1S/C55H64N2O15/c1-26(2)11-10-20-53(8)21-19-33-44(71-53)32(17-12-27(3)4)46-39(45(33)70-51(64)30-13-15-31(16-14-30)67-52-43(61)42(60)41(59)37(25-58)68-52)47-40-38(35(24-56)49(57)69-47)34-23-36(28(5)6)55(40,72-46)54(65,48(34)62)22-18-29(7)50(63)66-9/h11-16,18-19,21,28,34,36-38,41-43,52,58-61,65H,10,17,20,22-23,25,57H2,1-9H3/b29-18-/t34?,36?,37-,38?,41-,42+,43-,52-,53?,54?,55?/m1/s1. The summed E-state index contributed by atoms with van der Waals surface area (Å²) in [5.74, 6) is -4.71. The van der Waals surface area contributed by atoms with E-state index in [1.165, 1.54) is 44.4 Å². The number of ether oxygens (including phenoxy) is 7. The summed E-state index contributed by atoms with van der Waals surface area (Å²) in [6, 6.07) is 7.81. The van der Waals surface area contributed by atoms with E-state index in [1.807, 2.05) is 66.7 Å². The summed E-state index contributed by atoms with van der Waals surface area (Å²) in [6.45, 7) is 14.6. The molecule has 7 aliphatic rings. The molecule has 7 N–H and O–H groups in total. The number of aliphatic hydroxyl groups excluding tert-OH is 4. The van der Waals surface area contributed by atoms with Crippen molar-refractivity contribution >= 4 is 29.6 Å². The van der Waals surface area contributed by atoms with Crippen molar-refractivity contribution in [1.29, 1.82) is 5.26 Å². The van der Waals surface area contributed by atoms with Gasteiger partial charge in [-0.25, -0.2) is 9.59 Å². The summed E-state index contributed by atoms with van der Waals surface area (Å²) in [4.78, 5) is 42.7. The lowest BCUT2D eigenvalue weighted by molar-refractivity contribution is -0.277. The van der Waals surface area contributed by atoms with Crippen molar-refractivity contribution in [3.05, 3.63) is 105 Å². The molecule has 2 aromatic rings. The Hall–Kier alpha value is -6.26. The molecule has 1 spiro atoms. The van der Waals surface area contributed by atoms with Crippen molar-refractivity contribution in [2.24, 2.45) is 29.4 Å². The summed E-state index contributed by atoms with van der Waals surface area (Å²) in [6.07, 6.45) is 2.91. The van der Waals surface area contributed by atoms with E-state index in [-0.39, 0.29) is 81.9 Å². The number of hydrogen-bond donors (Lipinski definition) is 6. The Bertz CT molecular complexity index is 2790. The zero-order valence-corrected chi connectivity index (χ0v) is 42.0. The number of nitrogens with two attached hydrogens (primary N) is 1. The van der Waals surface area contributed by atoms with Gasteiger partial charge in [0.05, 0.1) is 30.4 Å². The van der Waals surface area contributed by atoms with Crippen molar-refractivity contribution < 1.29 is 73.1 Å². The number of Topliss-reactive ketones (excluding diaryl/α,β-unsaturated/α-hetero) is 1. The minimum absolute atomic E-state index is 0.0169. The number of allylic oxidation sites excluding steroid dienone is 5. The van der Waals surface area contributed by atoms with Gasteiger partial charge in [0.1, 0.15) is 64.7 Å². The van der Waals surface area contributed by atoms with Gasteiger partial charge >= 0.3 is 11.9 Å². The molecular weight excluding hydrogens is 929 g/mol. The van der Waals surface area contributed by atoms with E-state index in [0.29, 0.717) is 29.7 Å². The number of carbonyl (C=O) groups excluding carboxylic acids is 3. The van der Waals surface area contributed by atoms with Crippen molar-refractivity contribution in [3.63, 3.8) is 0 Å². The summed E-state index contributed by atoms with van der Waals surface area (Å²) in [5.41, 5.74) is 5.03. The number of ketones is 1. The number of rotatable bonds is 14. The minimum atomic E-state index is -2.36. The van der Waals surface area contributed by atoms with Gasteiger partial charge in [0.15, 0.2) is 22.7 Å². The maximum Gasteiger partial charge on any atom is 0.343 e. The molecule has 3 saturated carbocycles. The molecule has 11 atom stereocenters. The van der Waals surface area contributed by atoms with Crippen LogP contribution >= 0.6 is 0 Å². The molecule has 384 valence electrons. The topological polar surface area (TPSA) is 267 Å². The lowest BCUT2D eigenvalue weighted by Gasteiger charge is -2.65. The third-order valence-electron chi connectivity index (χ3n) is 14.9. The average molecular weight is 993 g/mol. The smallest absolute Gasteiger partial charge is 0.343 e. The first-order valence-corrected chi connectivity index (χ1v) is 24.3. The molecule has 0 radical (unpaired) electrons. The van der Waals surface area contributed by atoms with Gasteiger partial charge in [-0.3, -0.25) is 4.79 Å². The second-order valence-electron chi connectivity index (χ2n) is 20.6. The molecule has 72 heavy (non-hydrogen) atoms. The molecule has 4 fully saturated rings. The number of nitriles is 1. The molecule has 4 heterocycles. The van der Waals surface area contributed by atoms with Crippen LogP contribution in [0.5, 0.6) is 23.0 Å². The van der Waals surface area contributed by atoms with Crippen molar-refractivity contribution in [2.45, 2.75) is 135 Å². The Morgan fingerprint density at radius 1 is 0.986 bits per heavy atom. The highest BCUT2D eigenvalue weighted by Crippen LogP contribution is 2.69. The Kier molecular flexibility index (Phi) is 14.2. The molecule has 9 rings (SSSR count). The lowest BCUT2D eigenvalue weighted by atomic mass is 9.43. The molecule has 17 nitrogen and oxygen atoms in total. The number of nitrogens with zero attached hydrogens (tertiary/aromatic N) is 1. The molecule has 2 bridgehead atoms. The van der Waals surface area contributed by atoms with E-state index in [4.69, 9.17) is 38.9 Å². The fourth-order valence-electron chi connectivity index (χ4n) is 11.1. The van der Waals surface area contributed by atoms with Crippen molar-refractivity contribution in [1.82, 2.24) is 0 Å². The zero-order chi connectivity index (χ0) is 52.4. The predicted molar refractivity (Wildman–Crippen MR) is 261 cm³/mol. The number of benzene rings is 2. The predicted octanol–water partition coefficient (Wildman–Crippen LogP) is 5.80. The SMILES string of the molecule is COC(=O)/C(C)=C\CC1(O)C(=O)C2CC(C(C)C)C13Oc1c(CC=C(C)C)c4c(c(OC(=O)c5ccc(O[C@@H]6O[C@H](CO)[C@@H](O)[C@H](O)[C@H]6O)cc5)c1C1=C3C2C(C#N)=C(N)O1)C=CC(C)(CCC=C(C)C)O4. The summed E-state index contributed by atoms with van der Waals surface area (Å²) < 4.78 is 44.1. The molecule has 0 aromatic heterocycles. The second-order valence-corrected chi connectivity index (χ2v) is 20.6. The van der Waals surface area contributed by atoms with Gasteiger partial charge in [0, 0.05) is 40.9 Å². The van der Waals surface area contributed by atoms with E-state index < -0.39 is 89.6 Å². The molecule has 2 aromatic carbocycles. The average Bonchev–Trinajstić information content (AvgIpc) is 3.34. The number of methoxy groups -OCH3 is 1. The Balaban J connectivity index is 1.35. The highest BCUT2D eigenvalue weighted by atomic mass is 16.7. The monoisotopic (exact) mass is 992 g/mol. The molecule has 0 amide bonds. The zero-order valence-electron chi connectivity index (χ0n) is 42.0. The van der Waals surface area contributed by atoms with Crippen LogP contribution in [-0.2, 0) is 30.2 Å². The first-order chi connectivity index (χ1) is 34.1. The molecular formula is C55H64N2O15. The second kappa shape index (κ2) is 19.6. The number of esters is 2. The normalized spacial score (nSPS) is 31.0. The fraction of sp³-hybridized carbons (Fsp3) is 0.491. The van der Waals surface area contributed by atoms with Gasteiger partial charge in [0.25, 0.3) is 0 Å². The first-order valence-electron chi connectivity index (χ1n) is 24.3. The minimum Gasteiger partial charge on any atom is -0.482 e. The van der Waals surface area contributed by atoms with Gasteiger partial charge in [-0.1, -0.05) is 43.2 Å². The number of hydrogen-bond acceptors (Lipinski definition) is 17. The molecule has 6 unspecified atom stereocenters. The van der Waals surface area contributed by atoms with Crippen LogP contribution in [0.15, 0.2) is 82.3 Å². The Labute approximate surface area is 418 Å². The quantitative estimate of drug-likeness (QED) is 0.0565. The number of fused-ring (bicyclic) bond motifs is 5. The Morgan fingerprint density at radius 2 is 1.68 bits per heavy atom. The molecule has 17 heteroatoms. The number of aliphatic hydroxyl groups is 5. The largest absolute Gasteiger partial charge is 0.482 e.